The first-order chi connectivity index (χ1) is 8.66. The Morgan fingerprint density at radius 1 is 1.50 bits per heavy atom. The van der Waals surface area contributed by atoms with Gasteiger partial charge in [-0.15, -0.1) is 0 Å². The van der Waals surface area contributed by atoms with Crippen LogP contribution >= 0.6 is 0 Å². The Bertz CT molecular complexity index is 596. The second-order valence-corrected chi connectivity index (χ2v) is 5.28. The van der Waals surface area contributed by atoms with Crippen LogP contribution in [-0.4, -0.2) is 16.1 Å². The zero-order valence-electron chi connectivity index (χ0n) is 10.4. The number of hydrogen-bond donors (Lipinski definition) is 2. The molecule has 1 unspecified atom stereocenters. The van der Waals surface area contributed by atoms with E-state index >= 15 is 0 Å². The minimum Gasteiger partial charge on any atom is -0.481 e. The lowest BCUT2D eigenvalue weighted by atomic mass is 9.90. The van der Waals surface area contributed by atoms with E-state index in [4.69, 9.17) is 5.11 Å². The van der Waals surface area contributed by atoms with Crippen LogP contribution in [0, 0.1) is 12.8 Å². The van der Waals surface area contributed by atoms with Gasteiger partial charge in [-0.25, -0.2) is 0 Å². The lowest BCUT2D eigenvalue weighted by Gasteiger charge is -2.13. The monoisotopic (exact) mass is 243 g/mol. The molecule has 0 saturated heterocycles. The number of benzene rings is 1. The molecule has 1 aromatic heterocycles. The van der Waals surface area contributed by atoms with Crippen LogP contribution in [0.25, 0.3) is 10.9 Å². The van der Waals surface area contributed by atoms with Crippen molar-refractivity contribution in [1.29, 1.82) is 0 Å². The summed E-state index contributed by atoms with van der Waals surface area (Å²) >= 11 is 0. The number of H-pyrrole nitrogens is 1. The molecule has 3 heteroatoms. The van der Waals surface area contributed by atoms with Crippen LogP contribution < -0.4 is 0 Å². The maximum absolute atomic E-state index is 11.0. The molecule has 1 saturated carbocycles. The zero-order valence-corrected chi connectivity index (χ0v) is 10.4. The van der Waals surface area contributed by atoms with Gasteiger partial charge in [-0.2, -0.15) is 0 Å². The molecule has 1 heterocycles. The normalized spacial score (nSPS) is 16.9. The number of carboxylic acid groups (broad SMARTS) is 1. The van der Waals surface area contributed by atoms with E-state index in [1.165, 1.54) is 16.5 Å². The molecular formula is C15H17NO2. The Hall–Kier alpha value is -1.77. The van der Waals surface area contributed by atoms with Crippen LogP contribution in [0.5, 0.6) is 0 Å². The van der Waals surface area contributed by atoms with Crippen LogP contribution in [0.1, 0.15) is 36.3 Å². The number of rotatable bonds is 4. The molecule has 94 valence electrons. The highest BCUT2D eigenvalue weighted by Crippen LogP contribution is 2.46. The van der Waals surface area contributed by atoms with Gasteiger partial charge in [0.05, 0.1) is 6.42 Å². The summed E-state index contributed by atoms with van der Waals surface area (Å²) in [5.74, 6) is 0.0209. The van der Waals surface area contributed by atoms with Crippen molar-refractivity contribution in [2.24, 2.45) is 5.92 Å². The Morgan fingerprint density at radius 2 is 2.28 bits per heavy atom. The van der Waals surface area contributed by atoms with Crippen LogP contribution in [-0.2, 0) is 4.79 Å². The number of para-hydroxylation sites is 1. The minimum atomic E-state index is -0.700. The highest BCUT2D eigenvalue weighted by molar-refractivity contribution is 5.87. The molecule has 18 heavy (non-hydrogen) atoms. The van der Waals surface area contributed by atoms with Gasteiger partial charge < -0.3 is 10.1 Å². The second kappa shape index (κ2) is 4.16. The summed E-state index contributed by atoms with van der Waals surface area (Å²) in [7, 11) is 0. The van der Waals surface area contributed by atoms with Crippen molar-refractivity contribution in [3.63, 3.8) is 0 Å². The molecule has 2 N–H and O–H groups in total. The molecule has 0 bridgehead atoms. The minimum absolute atomic E-state index is 0.165. The van der Waals surface area contributed by atoms with Crippen molar-refractivity contribution in [3.05, 3.63) is 35.5 Å². The molecule has 1 aromatic carbocycles. The van der Waals surface area contributed by atoms with Gasteiger partial charge in [-0.05, 0) is 42.7 Å². The van der Waals surface area contributed by atoms with E-state index in [2.05, 4.69) is 24.0 Å². The van der Waals surface area contributed by atoms with Crippen LogP contribution in [0.15, 0.2) is 24.4 Å². The average Bonchev–Trinajstić information content (AvgIpc) is 3.06. The van der Waals surface area contributed by atoms with E-state index in [0.29, 0.717) is 5.92 Å². The van der Waals surface area contributed by atoms with E-state index in [0.717, 1.165) is 18.4 Å². The number of aromatic nitrogens is 1. The fourth-order valence-corrected chi connectivity index (χ4v) is 2.85. The van der Waals surface area contributed by atoms with Gasteiger partial charge in [0, 0.05) is 17.1 Å². The number of carboxylic acids is 1. The van der Waals surface area contributed by atoms with E-state index in [9.17, 15) is 4.79 Å². The van der Waals surface area contributed by atoms with Gasteiger partial charge in [-0.1, -0.05) is 18.2 Å². The van der Waals surface area contributed by atoms with Gasteiger partial charge in [0.1, 0.15) is 0 Å². The number of aliphatic carboxylic acids is 1. The molecule has 0 aliphatic heterocycles. The summed E-state index contributed by atoms with van der Waals surface area (Å²) in [5, 5.41) is 10.3. The van der Waals surface area contributed by atoms with E-state index in [1.807, 2.05) is 12.3 Å². The molecule has 1 atom stereocenters. The molecule has 1 aliphatic carbocycles. The Labute approximate surface area is 106 Å². The SMILES string of the molecule is Cc1cccc2c(C(CC(=O)O)C3CC3)c[nH]c12. The van der Waals surface area contributed by atoms with Gasteiger partial charge in [-0.3, -0.25) is 4.79 Å². The van der Waals surface area contributed by atoms with E-state index in [-0.39, 0.29) is 12.3 Å². The largest absolute Gasteiger partial charge is 0.481 e. The quantitative estimate of drug-likeness (QED) is 0.864. The number of hydrogen-bond acceptors (Lipinski definition) is 1. The standard InChI is InChI=1S/C15H17NO2/c1-9-3-2-4-11-13(8-16-15(9)11)12(7-14(17)18)10-5-6-10/h2-4,8,10,12,16H,5-7H2,1H3,(H,17,18). The lowest BCUT2D eigenvalue weighted by molar-refractivity contribution is -0.137. The molecule has 1 fully saturated rings. The third-order valence-electron chi connectivity index (χ3n) is 3.94. The van der Waals surface area contributed by atoms with Crippen molar-refractivity contribution >= 4 is 16.9 Å². The summed E-state index contributed by atoms with van der Waals surface area (Å²) in [6.07, 6.45) is 4.57. The molecule has 2 aromatic rings. The molecular weight excluding hydrogens is 226 g/mol. The summed E-state index contributed by atoms with van der Waals surface area (Å²) in [6, 6.07) is 6.21. The fraction of sp³-hybridized carbons (Fsp3) is 0.400. The van der Waals surface area contributed by atoms with Crippen molar-refractivity contribution in [3.8, 4) is 0 Å². The van der Waals surface area contributed by atoms with Crippen molar-refractivity contribution in [1.82, 2.24) is 4.98 Å². The maximum atomic E-state index is 11.0. The van der Waals surface area contributed by atoms with Gasteiger partial charge in [0.2, 0.25) is 0 Å². The number of aryl methyl sites for hydroxylation is 1. The fourth-order valence-electron chi connectivity index (χ4n) is 2.85. The van der Waals surface area contributed by atoms with Crippen molar-refractivity contribution in [2.45, 2.75) is 32.1 Å². The summed E-state index contributed by atoms with van der Waals surface area (Å²) in [5.41, 5.74) is 3.53. The zero-order chi connectivity index (χ0) is 12.7. The first-order valence-corrected chi connectivity index (χ1v) is 6.45. The number of fused-ring (bicyclic) bond motifs is 1. The summed E-state index contributed by atoms with van der Waals surface area (Å²) in [6.45, 7) is 2.08. The lowest BCUT2D eigenvalue weighted by Crippen LogP contribution is -2.07. The van der Waals surface area contributed by atoms with E-state index < -0.39 is 5.97 Å². The second-order valence-electron chi connectivity index (χ2n) is 5.28. The predicted octanol–water partition coefficient (Wildman–Crippen LogP) is 3.44. The topological polar surface area (TPSA) is 53.1 Å². The first kappa shape index (κ1) is 11.3. The Balaban J connectivity index is 2.06. The van der Waals surface area contributed by atoms with Crippen LogP contribution in [0.4, 0.5) is 0 Å². The highest BCUT2D eigenvalue weighted by atomic mass is 16.4. The van der Waals surface area contributed by atoms with E-state index in [1.54, 1.807) is 0 Å². The maximum Gasteiger partial charge on any atom is 0.303 e. The van der Waals surface area contributed by atoms with Gasteiger partial charge in [0.15, 0.2) is 0 Å². The number of carbonyl (C=O) groups is 1. The summed E-state index contributed by atoms with van der Waals surface area (Å²) in [4.78, 5) is 14.3. The molecule has 0 spiro atoms. The Kier molecular flexibility index (Phi) is 2.62. The molecule has 0 amide bonds. The summed E-state index contributed by atoms with van der Waals surface area (Å²) < 4.78 is 0. The molecule has 0 radical (unpaired) electrons. The van der Waals surface area contributed by atoms with Crippen molar-refractivity contribution in [2.75, 3.05) is 0 Å². The van der Waals surface area contributed by atoms with Crippen LogP contribution in [0.3, 0.4) is 0 Å². The highest BCUT2D eigenvalue weighted by Gasteiger charge is 2.35. The number of nitrogens with one attached hydrogen (secondary N) is 1. The predicted molar refractivity (Wildman–Crippen MR) is 70.8 cm³/mol. The van der Waals surface area contributed by atoms with Crippen molar-refractivity contribution < 1.29 is 9.90 Å². The number of aromatic amines is 1. The Morgan fingerprint density at radius 3 is 2.94 bits per heavy atom. The van der Waals surface area contributed by atoms with Gasteiger partial charge >= 0.3 is 5.97 Å². The third-order valence-corrected chi connectivity index (χ3v) is 3.94. The first-order valence-electron chi connectivity index (χ1n) is 6.45. The average molecular weight is 243 g/mol. The molecule has 1 aliphatic rings. The van der Waals surface area contributed by atoms with Crippen LogP contribution in [0.2, 0.25) is 0 Å². The molecule has 3 rings (SSSR count). The molecule has 3 nitrogen and oxygen atoms in total. The third kappa shape index (κ3) is 1.90. The van der Waals surface area contributed by atoms with Gasteiger partial charge in [0.25, 0.3) is 0 Å². The smallest absolute Gasteiger partial charge is 0.303 e.